The lowest BCUT2D eigenvalue weighted by atomic mass is 10.1. The number of benzene rings is 1. The number of hydrogen-bond acceptors (Lipinski definition) is 4. The lowest BCUT2D eigenvalue weighted by molar-refractivity contribution is -0.274. The zero-order valence-electron chi connectivity index (χ0n) is 13.9. The third-order valence-electron chi connectivity index (χ3n) is 3.58. The lowest BCUT2D eigenvalue weighted by Gasteiger charge is -2.10. The predicted octanol–water partition coefficient (Wildman–Crippen LogP) is 3.97. The summed E-state index contributed by atoms with van der Waals surface area (Å²) in [6, 6.07) is 12.0. The number of amides is 1. The third kappa shape index (κ3) is 5.27. The van der Waals surface area contributed by atoms with Gasteiger partial charge in [-0.25, -0.2) is 0 Å². The molecule has 0 unspecified atom stereocenters. The Hall–Kier alpha value is -3.42. The molecule has 0 fully saturated rings. The van der Waals surface area contributed by atoms with E-state index in [2.05, 4.69) is 20.0 Å². The number of pyridine rings is 2. The van der Waals surface area contributed by atoms with Gasteiger partial charge in [0.15, 0.2) is 0 Å². The van der Waals surface area contributed by atoms with Crippen LogP contribution in [0.2, 0.25) is 0 Å². The Morgan fingerprint density at radius 1 is 1.07 bits per heavy atom. The molecule has 8 heteroatoms. The molecule has 1 amide bonds. The van der Waals surface area contributed by atoms with E-state index in [1.165, 1.54) is 12.1 Å². The molecule has 0 aliphatic rings. The van der Waals surface area contributed by atoms with Crippen molar-refractivity contribution in [2.24, 2.45) is 0 Å². The Morgan fingerprint density at radius 2 is 1.85 bits per heavy atom. The van der Waals surface area contributed by atoms with Crippen molar-refractivity contribution >= 4 is 5.91 Å². The second kappa shape index (κ2) is 7.86. The summed E-state index contributed by atoms with van der Waals surface area (Å²) in [5.74, 6) is -0.789. The molecule has 0 spiro atoms. The molecule has 1 N–H and O–H groups in total. The molecule has 0 saturated heterocycles. The number of rotatable bonds is 5. The molecule has 0 aliphatic carbocycles. The first kappa shape index (κ1) is 18.4. The smallest absolute Gasteiger partial charge is 0.406 e. The molecule has 2 aromatic heterocycles. The van der Waals surface area contributed by atoms with Gasteiger partial charge >= 0.3 is 6.36 Å². The summed E-state index contributed by atoms with van der Waals surface area (Å²) in [6.45, 7) is 0.245. The Labute approximate surface area is 152 Å². The second-order valence-electron chi connectivity index (χ2n) is 5.55. The van der Waals surface area contributed by atoms with Gasteiger partial charge in [0.05, 0.1) is 5.69 Å². The Balaban J connectivity index is 1.62. The van der Waals surface area contributed by atoms with E-state index in [9.17, 15) is 18.0 Å². The van der Waals surface area contributed by atoms with E-state index in [0.717, 1.165) is 29.0 Å². The molecule has 3 rings (SSSR count). The molecular weight excluding hydrogens is 359 g/mol. The summed E-state index contributed by atoms with van der Waals surface area (Å²) in [7, 11) is 0. The number of aromatic nitrogens is 2. The number of hydrogen-bond donors (Lipinski definition) is 1. The van der Waals surface area contributed by atoms with Crippen molar-refractivity contribution in [2.45, 2.75) is 12.9 Å². The minimum Gasteiger partial charge on any atom is -0.406 e. The summed E-state index contributed by atoms with van der Waals surface area (Å²) in [5.41, 5.74) is 2.63. The van der Waals surface area contributed by atoms with E-state index >= 15 is 0 Å². The molecule has 5 nitrogen and oxygen atoms in total. The first-order valence-corrected chi connectivity index (χ1v) is 7.90. The molecule has 2 heterocycles. The highest BCUT2D eigenvalue weighted by molar-refractivity contribution is 5.94. The molecule has 1 aromatic carbocycles. The van der Waals surface area contributed by atoms with Crippen LogP contribution in [0.5, 0.6) is 5.75 Å². The number of halogens is 3. The number of nitrogens with zero attached hydrogens (tertiary/aromatic N) is 2. The van der Waals surface area contributed by atoms with E-state index in [1.54, 1.807) is 30.7 Å². The fourth-order valence-electron chi connectivity index (χ4n) is 2.35. The van der Waals surface area contributed by atoms with Crippen LogP contribution in [0.3, 0.4) is 0 Å². The first-order chi connectivity index (χ1) is 12.9. The summed E-state index contributed by atoms with van der Waals surface area (Å²) < 4.78 is 40.2. The molecule has 0 saturated carbocycles. The van der Waals surface area contributed by atoms with E-state index in [-0.39, 0.29) is 17.9 Å². The minimum absolute atomic E-state index is 0.228. The van der Waals surface area contributed by atoms with E-state index < -0.39 is 12.3 Å². The normalized spacial score (nSPS) is 11.1. The molecule has 0 bridgehead atoms. The molecule has 3 aromatic rings. The average molecular weight is 373 g/mol. The Morgan fingerprint density at radius 3 is 2.52 bits per heavy atom. The van der Waals surface area contributed by atoms with Crippen molar-refractivity contribution in [2.75, 3.05) is 0 Å². The van der Waals surface area contributed by atoms with Gasteiger partial charge < -0.3 is 10.1 Å². The van der Waals surface area contributed by atoms with Gasteiger partial charge in [-0.05, 0) is 54.1 Å². The second-order valence-corrected chi connectivity index (χ2v) is 5.55. The van der Waals surface area contributed by atoms with Crippen LogP contribution < -0.4 is 10.1 Å². The largest absolute Gasteiger partial charge is 0.573 e. The van der Waals surface area contributed by atoms with E-state index in [1.807, 2.05) is 12.1 Å². The first-order valence-electron chi connectivity index (χ1n) is 7.90. The van der Waals surface area contributed by atoms with Crippen molar-refractivity contribution in [3.63, 3.8) is 0 Å². The number of carbonyl (C=O) groups is 1. The van der Waals surface area contributed by atoms with Crippen LogP contribution in [0.4, 0.5) is 13.2 Å². The summed E-state index contributed by atoms with van der Waals surface area (Å²) in [5, 5.41) is 2.72. The van der Waals surface area contributed by atoms with Crippen molar-refractivity contribution in [1.29, 1.82) is 0 Å². The third-order valence-corrected chi connectivity index (χ3v) is 3.58. The van der Waals surface area contributed by atoms with Crippen molar-refractivity contribution in [1.82, 2.24) is 15.3 Å². The summed E-state index contributed by atoms with van der Waals surface area (Å²) >= 11 is 0. The maximum absolute atomic E-state index is 12.2. The topological polar surface area (TPSA) is 64.1 Å². The van der Waals surface area contributed by atoms with Crippen LogP contribution in [-0.4, -0.2) is 22.2 Å². The fraction of sp³-hybridized carbons (Fsp3) is 0.105. The van der Waals surface area contributed by atoms with Gasteiger partial charge in [-0.15, -0.1) is 13.2 Å². The van der Waals surface area contributed by atoms with Crippen LogP contribution in [0.15, 0.2) is 67.1 Å². The van der Waals surface area contributed by atoms with Gasteiger partial charge in [0.1, 0.15) is 5.75 Å². The van der Waals surface area contributed by atoms with Crippen LogP contribution in [0.25, 0.3) is 11.3 Å². The zero-order valence-corrected chi connectivity index (χ0v) is 13.9. The van der Waals surface area contributed by atoms with Gasteiger partial charge in [-0.3, -0.25) is 14.8 Å². The van der Waals surface area contributed by atoms with Crippen LogP contribution in [-0.2, 0) is 6.54 Å². The lowest BCUT2D eigenvalue weighted by Crippen LogP contribution is -2.23. The molecule has 138 valence electrons. The monoisotopic (exact) mass is 373 g/mol. The van der Waals surface area contributed by atoms with E-state index in [4.69, 9.17) is 0 Å². The number of ether oxygens (including phenoxy) is 1. The molecule has 0 atom stereocenters. The predicted molar refractivity (Wildman–Crippen MR) is 91.8 cm³/mol. The van der Waals surface area contributed by atoms with Crippen molar-refractivity contribution in [3.05, 3.63) is 78.2 Å². The van der Waals surface area contributed by atoms with Gasteiger partial charge in [-0.1, -0.05) is 0 Å². The standard InChI is InChI=1S/C19H14F3N3O2/c20-19(21,22)27-16-5-3-14(4-6-16)18(26)25-11-13-7-9-24-17(10-13)15-2-1-8-23-12-15/h1-10,12H,11H2,(H,25,26). The fourth-order valence-corrected chi connectivity index (χ4v) is 2.35. The molecule has 0 radical (unpaired) electrons. The number of nitrogens with one attached hydrogen (secondary N) is 1. The highest BCUT2D eigenvalue weighted by atomic mass is 19.4. The van der Waals surface area contributed by atoms with Gasteiger partial charge in [0.2, 0.25) is 0 Å². The molecular formula is C19H14F3N3O2. The van der Waals surface area contributed by atoms with Gasteiger partial charge in [0, 0.05) is 36.3 Å². The van der Waals surface area contributed by atoms with Gasteiger partial charge in [0.25, 0.3) is 5.91 Å². The summed E-state index contributed by atoms with van der Waals surface area (Å²) in [4.78, 5) is 20.5. The Bertz CT molecular complexity index is 913. The van der Waals surface area contributed by atoms with E-state index in [0.29, 0.717) is 0 Å². The van der Waals surface area contributed by atoms with Crippen LogP contribution in [0, 0.1) is 0 Å². The maximum Gasteiger partial charge on any atom is 0.573 e. The SMILES string of the molecule is O=C(NCc1ccnc(-c2cccnc2)c1)c1ccc(OC(F)(F)F)cc1. The maximum atomic E-state index is 12.2. The molecule has 0 aliphatic heterocycles. The highest BCUT2D eigenvalue weighted by Gasteiger charge is 2.31. The Kier molecular flexibility index (Phi) is 5.35. The number of alkyl halides is 3. The highest BCUT2D eigenvalue weighted by Crippen LogP contribution is 2.22. The zero-order chi connectivity index (χ0) is 19.3. The average Bonchev–Trinajstić information content (AvgIpc) is 2.66. The molecule has 27 heavy (non-hydrogen) atoms. The van der Waals surface area contributed by atoms with Crippen LogP contribution in [0.1, 0.15) is 15.9 Å². The van der Waals surface area contributed by atoms with Gasteiger partial charge in [-0.2, -0.15) is 0 Å². The number of carbonyl (C=O) groups excluding carboxylic acids is 1. The summed E-state index contributed by atoms with van der Waals surface area (Å²) in [6.07, 6.45) is 0.220. The van der Waals surface area contributed by atoms with Crippen LogP contribution >= 0.6 is 0 Å². The van der Waals surface area contributed by atoms with Crippen molar-refractivity contribution < 1.29 is 22.7 Å². The minimum atomic E-state index is -4.77. The van der Waals surface area contributed by atoms with Crippen molar-refractivity contribution in [3.8, 4) is 17.0 Å². The quantitative estimate of drug-likeness (QED) is 0.735.